The number of nitrogens with one attached hydrogen (secondary N) is 2. The largest absolute Gasteiger partial charge is 0.335 e. The van der Waals surface area contributed by atoms with E-state index in [2.05, 4.69) is 24.5 Å². The number of anilines is 1. The zero-order valence-electron chi connectivity index (χ0n) is 14.1. The molecule has 0 aromatic heterocycles. The summed E-state index contributed by atoms with van der Waals surface area (Å²) in [6, 6.07) is 7.27. The molecule has 1 atom stereocenters. The summed E-state index contributed by atoms with van der Waals surface area (Å²) in [7, 11) is 1.64. The Bertz CT molecular complexity index is 497. The average Bonchev–Trinajstić information content (AvgIpc) is 2.46. The van der Waals surface area contributed by atoms with Crippen LogP contribution in [-0.4, -0.2) is 42.9 Å². The van der Waals surface area contributed by atoms with E-state index in [0.717, 1.165) is 17.8 Å². The maximum absolute atomic E-state index is 12.2. The lowest BCUT2D eigenvalue weighted by molar-refractivity contribution is -0.134. The molecule has 0 unspecified atom stereocenters. The molecule has 0 aliphatic rings. The molecule has 1 aromatic carbocycles. The van der Waals surface area contributed by atoms with Crippen molar-refractivity contribution in [3.63, 3.8) is 0 Å². The van der Waals surface area contributed by atoms with Gasteiger partial charge in [-0.1, -0.05) is 31.5 Å². The molecule has 0 aliphatic carbocycles. The summed E-state index contributed by atoms with van der Waals surface area (Å²) in [6.45, 7) is 8.80. The van der Waals surface area contributed by atoms with Crippen LogP contribution in [0.4, 0.5) is 5.69 Å². The third kappa shape index (κ3) is 6.26. The van der Waals surface area contributed by atoms with Gasteiger partial charge in [0.25, 0.3) is 0 Å². The number of rotatable bonds is 7. The van der Waals surface area contributed by atoms with Crippen molar-refractivity contribution < 1.29 is 9.59 Å². The quantitative estimate of drug-likeness (QED) is 0.810. The van der Waals surface area contributed by atoms with Crippen molar-refractivity contribution in [1.29, 1.82) is 0 Å². The Morgan fingerprint density at radius 3 is 2.27 bits per heavy atom. The van der Waals surface area contributed by atoms with Crippen molar-refractivity contribution in [2.45, 2.75) is 33.7 Å². The topological polar surface area (TPSA) is 61.4 Å². The van der Waals surface area contributed by atoms with E-state index in [9.17, 15) is 9.59 Å². The highest BCUT2D eigenvalue weighted by molar-refractivity contribution is 5.95. The maximum Gasteiger partial charge on any atom is 0.243 e. The van der Waals surface area contributed by atoms with Gasteiger partial charge in [0, 0.05) is 12.7 Å². The van der Waals surface area contributed by atoms with E-state index in [0.29, 0.717) is 5.92 Å². The van der Waals surface area contributed by atoms with Gasteiger partial charge in [-0.3, -0.25) is 9.59 Å². The summed E-state index contributed by atoms with van der Waals surface area (Å²) in [5.74, 6) is 0.195. The first-order chi connectivity index (χ1) is 10.3. The van der Waals surface area contributed by atoms with E-state index in [-0.39, 0.29) is 24.4 Å². The van der Waals surface area contributed by atoms with Crippen LogP contribution in [0.15, 0.2) is 24.3 Å². The van der Waals surface area contributed by atoms with Crippen LogP contribution in [-0.2, 0) is 9.59 Å². The number of benzene rings is 1. The summed E-state index contributed by atoms with van der Waals surface area (Å²) in [6.07, 6.45) is 0. The molecule has 5 heteroatoms. The Labute approximate surface area is 133 Å². The van der Waals surface area contributed by atoms with Crippen molar-refractivity contribution in [2.75, 3.05) is 25.5 Å². The first-order valence-electron chi connectivity index (χ1n) is 7.64. The van der Waals surface area contributed by atoms with Crippen LogP contribution in [0.2, 0.25) is 0 Å². The lowest BCUT2D eigenvalue weighted by Crippen LogP contribution is -2.46. The van der Waals surface area contributed by atoms with Gasteiger partial charge in [-0.05, 0) is 38.4 Å². The van der Waals surface area contributed by atoms with Crippen LogP contribution in [0.3, 0.4) is 0 Å². The fraction of sp³-hybridized carbons (Fsp3) is 0.529. The average molecular weight is 305 g/mol. The molecule has 0 bridgehead atoms. The van der Waals surface area contributed by atoms with Crippen molar-refractivity contribution in [3.05, 3.63) is 29.8 Å². The Balaban J connectivity index is 2.45. The van der Waals surface area contributed by atoms with Crippen LogP contribution in [0, 0.1) is 12.8 Å². The SMILES string of the molecule is Cc1ccc(NC(=O)CN(C)C(=O)[C@H](C)NCC(C)C)cc1. The predicted molar refractivity (Wildman–Crippen MR) is 89.7 cm³/mol. The van der Waals surface area contributed by atoms with Crippen LogP contribution < -0.4 is 10.6 Å². The predicted octanol–water partition coefficient (Wildman–Crippen LogP) is 2.03. The van der Waals surface area contributed by atoms with Gasteiger partial charge in [0.15, 0.2) is 0 Å². The van der Waals surface area contributed by atoms with Gasteiger partial charge in [-0.15, -0.1) is 0 Å². The molecular formula is C17H27N3O2. The molecule has 0 aliphatic heterocycles. The molecule has 1 aromatic rings. The van der Waals surface area contributed by atoms with Crippen molar-refractivity contribution in [1.82, 2.24) is 10.2 Å². The van der Waals surface area contributed by atoms with Gasteiger partial charge in [0.2, 0.25) is 11.8 Å². The monoisotopic (exact) mass is 305 g/mol. The summed E-state index contributed by atoms with van der Waals surface area (Å²) in [5, 5.41) is 5.96. The third-order valence-corrected chi connectivity index (χ3v) is 3.30. The Morgan fingerprint density at radius 1 is 1.14 bits per heavy atom. The summed E-state index contributed by atoms with van der Waals surface area (Å²) in [5.41, 5.74) is 1.87. The molecule has 0 heterocycles. The van der Waals surface area contributed by atoms with Crippen LogP contribution in [0.5, 0.6) is 0 Å². The number of nitrogens with zero attached hydrogens (tertiary/aromatic N) is 1. The second-order valence-corrected chi connectivity index (χ2v) is 6.13. The minimum Gasteiger partial charge on any atom is -0.335 e. The molecule has 0 spiro atoms. The minimum absolute atomic E-state index is 0.0421. The number of hydrogen-bond donors (Lipinski definition) is 2. The van der Waals surface area contributed by atoms with Gasteiger partial charge in [-0.2, -0.15) is 0 Å². The molecule has 1 rings (SSSR count). The van der Waals surface area contributed by atoms with Crippen LogP contribution >= 0.6 is 0 Å². The number of amides is 2. The molecule has 0 radical (unpaired) electrons. The number of carbonyl (C=O) groups excluding carboxylic acids is 2. The van der Waals surface area contributed by atoms with Crippen LogP contribution in [0.1, 0.15) is 26.3 Å². The summed E-state index contributed by atoms with van der Waals surface area (Å²) in [4.78, 5) is 25.6. The molecule has 2 amide bonds. The number of carbonyl (C=O) groups is 2. The first-order valence-corrected chi connectivity index (χ1v) is 7.64. The Kier molecular flexibility index (Phi) is 7.05. The third-order valence-electron chi connectivity index (χ3n) is 3.30. The lowest BCUT2D eigenvalue weighted by Gasteiger charge is -2.22. The standard InChI is InChI=1S/C17H27N3O2/c1-12(2)10-18-14(4)17(22)20(5)11-16(21)19-15-8-6-13(3)7-9-15/h6-9,12,14,18H,10-11H2,1-5H3,(H,19,21)/t14-/m0/s1. The highest BCUT2D eigenvalue weighted by Gasteiger charge is 2.19. The number of hydrogen-bond acceptors (Lipinski definition) is 3. The lowest BCUT2D eigenvalue weighted by atomic mass is 10.2. The minimum atomic E-state index is -0.292. The Hall–Kier alpha value is -1.88. The maximum atomic E-state index is 12.2. The second kappa shape index (κ2) is 8.54. The van der Waals surface area contributed by atoms with Gasteiger partial charge in [0.05, 0.1) is 12.6 Å². The molecule has 2 N–H and O–H groups in total. The Morgan fingerprint density at radius 2 is 1.73 bits per heavy atom. The fourth-order valence-corrected chi connectivity index (χ4v) is 1.96. The highest BCUT2D eigenvalue weighted by atomic mass is 16.2. The molecular weight excluding hydrogens is 278 g/mol. The summed E-state index contributed by atoms with van der Waals surface area (Å²) < 4.78 is 0. The normalized spacial score (nSPS) is 12.1. The van der Waals surface area contributed by atoms with Crippen molar-refractivity contribution in [3.8, 4) is 0 Å². The molecule has 0 saturated heterocycles. The zero-order chi connectivity index (χ0) is 16.7. The molecule has 0 fully saturated rings. The molecule has 5 nitrogen and oxygen atoms in total. The van der Waals surface area contributed by atoms with Crippen molar-refractivity contribution in [2.24, 2.45) is 5.92 Å². The molecule has 0 saturated carbocycles. The van der Waals surface area contributed by atoms with Crippen molar-refractivity contribution >= 4 is 17.5 Å². The fourth-order valence-electron chi connectivity index (χ4n) is 1.96. The molecule has 22 heavy (non-hydrogen) atoms. The van der Waals surface area contributed by atoms with E-state index < -0.39 is 0 Å². The van der Waals surface area contributed by atoms with E-state index >= 15 is 0 Å². The first kappa shape index (κ1) is 18.2. The van der Waals surface area contributed by atoms with Gasteiger partial charge < -0.3 is 15.5 Å². The smallest absolute Gasteiger partial charge is 0.243 e. The van der Waals surface area contributed by atoms with E-state index in [1.807, 2.05) is 38.1 Å². The number of likely N-dealkylation sites (N-methyl/N-ethyl adjacent to an activating group) is 1. The zero-order valence-corrected chi connectivity index (χ0v) is 14.1. The second-order valence-electron chi connectivity index (χ2n) is 6.13. The summed E-state index contributed by atoms with van der Waals surface area (Å²) >= 11 is 0. The van der Waals surface area contributed by atoms with Gasteiger partial charge in [0.1, 0.15) is 0 Å². The molecule has 122 valence electrons. The van der Waals surface area contributed by atoms with E-state index in [1.54, 1.807) is 7.05 Å². The van der Waals surface area contributed by atoms with Gasteiger partial charge in [-0.25, -0.2) is 0 Å². The van der Waals surface area contributed by atoms with Crippen LogP contribution in [0.25, 0.3) is 0 Å². The number of aryl methyl sites for hydroxylation is 1. The van der Waals surface area contributed by atoms with Gasteiger partial charge >= 0.3 is 0 Å². The highest BCUT2D eigenvalue weighted by Crippen LogP contribution is 2.08. The van der Waals surface area contributed by atoms with E-state index in [1.165, 1.54) is 4.90 Å². The van der Waals surface area contributed by atoms with E-state index in [4.69, 9.17) is 0 Å².